The summed E-state index contributed by atoms with van der Waals surface area (Å²) in [5.41, 5.74) is 4.86. The quantitative estimate of drug-likeness (QED) is 0.609. The Labute approximate surface area is 197 Å². The number of imidazole rings is 1. The van der Waals surface area contributed by atoms with Crippen LogP contribution in [0.25, 0.3) is 0 Å². The number of hydrogen-bond donors (Lipinski definition) is 1. The van der Waals surface area contributed by atoms with Crippen molar-refractivity contribution < 1.29 is 9.59 Å². The number of fused-ring (bicyclic) bond motifs is 1. The zero-order chi connectivity index (χ0) is 23.0. The van der Waals surface area contributed by atoms with Gasteiger partial charge < -0.3 is 14.8 Å². The molecule has 170 valence electrons. The Morgan fingerprint density at radius 2 is 2.00 bits per heavy atom. The van der Waals surface area contributed by atoms with Gasteiger partial charge in [0.1, 0.15) is 6.54 Å². The standard InChI is InChI=1S/C25H26ClN5O2/c1-17-22(13-29-23(32)15-30-11-9-27-16-30)21-6-10-31(14-18(21)12-28-17)24(33)25(7-8-25)19-2-4-20(26)5-3-19/h2-5,9,11-12,16H,6-8,10,13-15H2,1H3,(H,29,32). The van der Waals surface area contributed by atoms with E-state index in [1.165, 1.54) is 5.56 Å². The van der Waals surface area contributed by atoms with Gasteiger partial charge in [0.15, 0.2) is 0 Å². The first kappa shape index (κ1) is 21.6. The average molecular weight is 464 g/mol. The highest BCUT2D eigenvalue weighted by Crippen LogP contribution is 2.50. The van der Waals surface area contributed by atoms with Gasteiger partial charge in [0.25, 0.3) is 0 Å². The number of rotatable bonds is 6. The fourth-order valence-electron chi connectivity index (χ4n) is 4.74. The summed E-state index contributed by atoms with van der Waals surface area (Å²) in [6, 6.07) is 7.66. The van der Waals surface area contributed by atoms with E-state index in [1.54, 1.807) is 23.3 Å². The van der Waals surface area contributed by atoms with Crippen molar-refractivity contribution in [3.8, 4) is 0 Å². The molecule has 0 saturated heterocycles. The Morgan fingerprint density at radius 3 is 2.70 bits per heavy atom. The molecular formula is C25H26ClN5O2. The molecule has 1 aliphatic carbocycles. The predicted molar refractivity (Wildman–Crippen MR) is 125 cm³/mol. The van der Waals surface area contributed by atoms with Crippen LogP contribution >= 0.6 is 11.6 Å². The largest absolute Gasteiger partial charge is 0.350 e. The van der Waals surface area contributed by atoms with E-state index in [1.807, 2.05) is 42.3 Å². The number of halogens is 1. The molecule has 0 unspecified atom stereocenters. The fourth-order valence-corrected chi connectivity index (χ4v) is 4.87. The van der Waals surface area contributed by atoms with Crippen LogP contribution in [0.1, 0.15) is 40.8 Å². The van der Waals surface area contributed by atoms with Gasteiger partial charge >= 0.3 is 0 Å². The third kappa shape index (κ3) is 4.25. The summed E-state index contributed by atoms with van der Waals surface area (Å²) in [5.74, 6) is 0.113. The topological polar surface area (TPSA) is 80.1 Å². The van der Waals surface area contributed by atoms with Gasteiger partial charge in [0.2, 0.25) is 11.8 Å². The van der Waals surface area contributed by atoms with Crippen LogP contribution in [0.2, 0.25) is 5.02 Å². The van der Waals surface area contributed by atoms with E-state index >= 15 is 0 Å². The minimum absolute atomic E-state index is 0.0729. The lowest BCUT2D eigenvalue weighted by Gasteiger charge is -2.33. The van der Waals surface area contributed by atoms with E-state index in [2.05, 4.69) is 15.3 Å². The average Bonchev–Trinajstić information content (AvgIpc) is 3.47. The molecular weight excluding hydrogens is 438 g/mol. The Morgan fingerprint density at radius 1 is 1.21 bits per heavy atom. The number of pyridine rings is 1. The van der Waals surface area contributed by atoms with Gasteiger partial charge in [0.05, 0.1) is 11.7 Å². The highest BCUT2D eigenvalue weighted by atomic mass is 35.5. The molecule has 5 rings (SSSR count). The van der Waals surface area contributed by atoms with Gasteiger partial charge in [-0.05, 0) is 60.6 Å². The van der Waals surface area contributed by atoms with Crippen LogP contribution in [0.3, 0.4) is 0 Å². The normalized spacial score (nSPS) is 16.2. The third-order valence-electron chi connectivity index (χ3n) is 6.79. The number of aromatic nitrogens is 3. The maximum atomic E-state index is 13.5. The molecule has 3 aromatic rings. The second-order valence-electron chi connectivity index (χ2n) is 8.90. The number of benzene rings is 1. The molecule has 1 saturated carbocycles. The second kappa shape index (κ2) is 8.63. The zero-order valence-electron chi connectivity index (χ0n) is 18.6. The van der Waals surface area contributed by atoms with Gasteiger partial charge in [-0.25, -0.2) is 4.98 Å². The van der Waals surface area contributed by atoms with Crippen molar-refractivity contribution in [2.45, 2.75) is 51.2 Å². The first-order valence-corrected chi connectivity index (χ1v) is 11.6. The van der Waals surface area contributed by atoms with Crippen molar-refractivity contribution in [1.29, 1.82) is 0 Å². The second-order valence-corrected chi connectivity index (χ2v) is 9.34. The Balaban J connectivity index is 1.29. The molecule has 8 heteroatoms. The molecule has 2 aliphatic rings. The minimum Gasteiger partial charge on any atom is -0.350 e. The summed E-state index contributed by atoms with van der Waals surface area (Å²) in [4.78, 5) is 36.3. The molecule has 2 aromatic heterocycles. The zero-order valence-corrected chi connectivity index (χ0v) is 19.3. The smallest absolute Gasteiger partial charge is 0.240 e. The van der Waals surface area contributed by atoms with E-state index in [4.69, 9.17) is 11.6 Å². The van der Waals surface area contributed by atoms with Crippen LogP contribution in [0.15, 0.2) is 49.2 Å². The van der Waals surface area contributed by atoms with Gasteiger partial charge in [-0.3, -0.25) is 14.6 Å². The van der Waals surface area contributed by atoms with Gasteiger partial charge in [-0.1, -0.05) is 23.7 Å². The van der Waals surface area contributed by atoms with Crippen molar-refractivity contribution >= 4 is 23.4 Å². The first-order valence-electron chi connectivity index (χ1n) is 11.2. The van der Waals surface area contributed by atoms with E-state index < -0.39 is 5.41 Å². The van der Waals surface area contributed by atoms with E-state index in [9.17, 15) is 9.59 Å². The summed E-state index contributed by atoms with van der Waals surface area (Å²) in [6.45, 7) is 3.84. The van der Waals surface area contributed by atoms with Crippen molar-refractivity contribution in [1.82, 2.24) is 24.8 Å². The van der Waals surface area contributed by atoms with Crippen LogP contribution in [-0.4, -0.2) is 37.8 Å². The lowest BCUT2D eigenvalue weighted by atomic mass is 9.91. The van der Waals surface area contributed by atoms with Crippen molar-refractivity contribution in [2.24, 2.45) is 0 Å². The summed E-state index contributed by atoms with van der Waals surface area (Å²) in [6.07, 6.45) is 9.42. The Bertz CT molecular complexity index is 1190. The fraction of sp³-hybridized carbons (Fsp3) is 0.360. The number of hydrogen-bond acceptors (Lipinski definition) is 4. The van der Waals surface area contributed by atoms with E-state index in [-0.39, 0.29) is 18.4 Å². The summed E-state index contributed by atoms with van der Waals surface area (Å²) in [5, 5.41) is 3.68. The van der Waals surface area contributed by atoms with Gasteiger partial charge in [-0.2, -0.15) is 0 Å². The number of carbonyl (C=O) groups excluding carboxylic acids is 2. The van der Waals surface area contributed by atoms with Crippen LogP contribution in [0.5, 0.6) is 0 Å². The SMILES string of the molecule is Cc1ncc2c(c1CNC(=O)Cn1ccnc1)CCN(C(=O)C1(c3ccc(Cl)cc3)CC1)C2. The Hall–Kier alpha value is -3.19. The monoisotopic (exact) mass is 463 g/mol. The van der Waals surface area contributed by atoms with Crippen LogP contribution in [0.4, 0.5) is 0 Å². The molecule has 1 aromatic carbocycles. The molecule has 1 N–H and O–H groups in total. The van der Waals surface area contributed by atoms with Gasteiger partial charge in [0, 0.05) is 48.9 Å². The molecule has 0 atom stereocenters. The molecule has 0 bridgehead atoms. The summed E-state index contributed by atoms with van der Waals surface area (Å²) >= 11 is 6.04. The highest BCUT2D eigenvalue weighted by molar-refractivity contribution is 6.30. The highest BCUT2D eigenvalue weighted by Gasteiger charge is 2.53. The molecule has 2 amide bonds. The first-order chi connectivity index (χ1) is 16.0. The van der Waals surface area contributed by atoms with E-state index in [0.29, 0.717) is 24.7 Å². The van der Waals surface area contributed by atoms with Crippen LogP contribution in [0, 0.1) is 6.92 Å². The predicted octanol–water partition coefficient (Wildman–Crippen LogP) is 3.17. The lowest BCUT2D eigenvalue weighted by Crippen LogP contribution is -2.42. The Kier molecular flexibility index (Phi) is 5.66. The van der Waals surface area contributed by atoms with E-state index in [0.717, 1.165) is 41.6 Å². The summed E-state index contributed by atoms with van der Waals surface area (Å²) < 4.78 is 1.73. The molecule has 3 heterocycles. The minimum atomic E-state index is -0.412. The molecule has 1 aliphatic heterocycles. The maximum absolute atomic E-state index is 13.5. The van der Waals surface area contributed by atoms with Crippen molar-refractivity contribution in [3.05, 3.63) is 82.2 Å². The van der Waals surface area contributed by atoms with Gasteiger partial charge in [-0.15, -0.1) is 0 Å². The molecule has 33 heavy (non-hydrogen) atoms. The maximum Gasteiger partial charge on any atom is 0.240 e. The number of carbonyl (C=O) groups is 2. The third-order valence-corrected chi connectivity index (χ3v) is 7.04. The summed E-state index contributed by atoms with van der Waals surface area (Å²) in [7, 11) is 0. The van der Waals surface area contributed by atoms with Crippen LogP contribution < -0.4 is 5.32 Å². The number of nitrogens with one attached hydrogen (secondary N) is 1. The number of nitrogens with zero attached hydrogens (tertiary/aromatic N) is 4. The molecule has 0 radical (unpaired) electrons. The lowest BCUT2D eigenvalue weighted by molar-refractivity contribution is -0.135. The van der Waals surface area contributed by atoms with Crippen molar-refractivity contribution in [2.75, 3.05) is 6.54 Å². The molecule has 0 spiro atoms. The molecule has 7 nitrogen and oxygen atoms in total. The van der Waals surface area contributed by atoms with Crippen molar-refractivity contribution in [3.63, 3.8) is 0 Å². The van der Waals surface area contributed by atoms with Crippen LogP contribution in [-0.2, 0) is 41.1 Å². The molecule has 1 fully saturated rings. The number of amides is 2. The number of aryl methyl sites for hydroxylation is 1.